The van der Waals surface area contributed by atoms with Crippen molar-refractivity contribution in [2.45, 2.75) is 12.8 Å². The third kappa shape index (κ3) is 2.11. The fourth-order valence-electron chi connectivity index (χ4n) is 1.52. The Morgan fingerprint density at radius 3 is 2.65 bits per heavy atom. The molecule has 5 nitrogen and oxygen atoms in total. The maximum atomic E-state index is 11.8. The average molecular weight is 229 g/mol. The molecule has 1 saturated carbocycles. The van der Waals surface area contributed by atoms with Gasteiger partial charge in [-0.15, -0.1) is 0 Å². The van der Waals surface area contributed by atoms with Gasteiger partial charge in [0.25, 0.3) is 0 Å². The summed E-state index contributed by atoms with van der Waals surface area (Å²) in [6.07, 6.45) is 1.18. The van der Waals surface area contributed by atoms with Crippen LogP contribution in [-0.4, -0.2) is 11.8 Å². The zero-order chi connectivity index (χ0) is 12.5. The van der Waals surface area contributed by atoms with Crippen LogP contribution < -0.4 is 11.1 Å². The van der Waals surface area contributed by atoms with Crippen LogP contribution >= 0.6 is 0 Å². The van der Waals surface area contributed by atoms with Gasteiger partial charge in [0.1, 0.15) is 5.41 Å². The van der Waals surface area contributed by atoms with Gasteiger partial charge in [-0.3, -0.25) is 9.59 Å². The summed E-state index contributed by atoms with van der Waals surface area (Å²) in [5.41, 5.74) is 5.06. The Balaban J connectivity index is 2.15. The van der Waals surface area contributed by atoms with E-state index in [1.54, 1.807) is 18.2 Å². The lowest BCUT2D eigenvalue weighted by molar-refractivity contribution is -0.119. The summed E-state index contributed by atoms with van der Waals surface area (Å²) in [5, 5.41) is 11.5. The van der Waals surface area contributed by atoms with Crippen LogP contribution in [0.15, 0.2) is 24.3 Å². The van der Waals surface area contributed by atoms with Crippen LogP contribution in [0.3, 0.4) is 0 Å². The van der Waals surface area contributed by atoms with Crippen molar-refractivity contribution in [2.24, 2.45) is 11.1 Å². The summed E-state index contributed by atoms with van der Waals surface area (Å²) in [6.45, 7) is 0. The number of nitriles is 1. The summed E-state index contributed by atoms with van der Waals surface area (Å²) in [4.78, 5) is 22.7. The van der Waals surface area contributed by atoms with E-state index in [1.807, 2.05) is 6.07 Å². The van der Waals surface area contributed by atoms with Crippen LogP contribution in [0.2, 0.25) is 0 Å². The van der Waals surface area contributed by atoms with Crippen molar-refractivity contribution in [3.8, 4) is 6.07 Å². The molecule has 86 valence electrons. The first-order valence-corrected chi connectivity index (χ1v) is 5.20. The number of benzene rings is 1. The largest absolute Gasteiger partial charge is 0.366 e. The van der Waals surface area contributed by atoms with Crippen LogP contribution in [-0.2, 0) is 4.79 Å². The summed E-state index contributed by atoms with van der Waals surface area (Å²) >= 11 is 0. The van der Waals surface area contributed by atoms with E-state index in [-0.39, 0.29) is 5.91 Å². The van der Waals surface area contributed by atoms with E-state index >= 15 is 0 Å². The number of carbonyl (C=O) groups excluding carboxylic acids is 2. The molecule has 1 fully saturated rings. The SMILES string of the molecule is N#CC1(C(=O)Nc2cccc(C(N)=O)c2)CC1. The van der Waals surface area contributed by atoms with Gasteiger partial charge in [-0.25, -0.2) is 0 Å². The molecule has 0 bridgehead atoms. The molecule has 0 unspecified atom stereocenters. The predicted molar refractivity (Wildman–Crippen MR) is 60.9 cm³/mol. The lowest BCUT2D eigenvalue weighted by Gasteiger charge is -2.08. The Labute approximate surface area is 98.2 Å². The Hall–Kier alpha value is -2.35. The van der Waals surface area contributed by atoms with Gasteiger partial charge < -0.3 is 11.1 Å². The number of hydrogen-bond acceptors (Lipinski definition) is 3. The van der Waals surface area contributed by atoms with Crippen LogP contribution in [0.25, 0.3) is 0 Å². The van der Waals surface area contributed by atoms with Gasteiger partial charge in [-0.05, 0) is 31.0 Å². The molecular weight excluding hydrogens is 218 g/mol. The molecule has 0 saturated heterocycles. The van der Waals surface area contributed by atoms with Crippen molar-refractivity contribution in [3.05, 3.63) is 29.8 Å². The fourth-order valence-corrected chi connectivity index (χ4v) is 1.52. The van der Waals surface area contributed by atoms with Gasteiger partial charge in [0, 0.05) is 11.3 Å². The topological polar surface area (TPSA) is 96.0 Å². The third-order valence-electron chi connectivity index (χ3n) is 2.80. The van der Waals surface area contributed by atoms with Gasteiger partial charge in [0.15, 0.2) is 0 Å². The highest BCUT2D eigenvalue weighted by Crippen LogP contribution is 2.45. The van der Waals surface area contributed by atoms with Crippen LogP contribution in [0.4, 0.5) is 5.69 Å². The van der Waals surface area contributed by atoms with E-state index in [1.165, 1.54) is 6.07 Å². The number of amides is 2. The second-order valence-corrected chi connectivity index (χ2v) is 4.09. The first-order chi connectivity index (χ1) is 8.07. The van der Waals surface area contributed by atoms with Crippen molar-refractivity contribution < 1.29 is 9.59 Å². The van der Waals surface area contributed by atoms with Crippen molar-refractivity contribution in [3.63, 3.8) is 0 Å². The first-order valence-electron chi connectivity index (χ1n) is 5.20. The molecule has 0 atom stereocenters. The van der Waals surface area contributed by atoms with E-state index in [9.17, 15) is 9.59 Å². The minimum absolute atomic E-state index is 0.318. The van der Waals surface area contributed by atoms with E-state index in [0.717, 1.165) is 0 Å². The minimum atomic E-state index is -0.872. The summed E-state index contributed by atoms with van der Waals surface area (Å²) in [7, 11) is 0. The third-order valence-corrected chi connectivity index (χ3v) is 2.80. The molecular formula is C12H11N3O2. The summed E-state index contributed by atoms with van der Waals surface area (Å²) < 4.78 is 0. The second kappa shape index (κ2) is 3.91. The maximum Gasteiger partial charge on any atom is 0.248 e. The van der Waals surface area contributed by atoms with E-state index in [0.29, 0.717) is 24.1 Å². The lowest BCUT2D eigenvalue weighted by Crippen LogP contribution is -2.23. The maximum absolute atomic E-state index is 11.8. The molecule has 1 aliphatic carbocycles. The number of anilines is 1. The average Bonchev–Trinajstić information content (AvgIpc) is 3.10. The zero-order valence-electron chi connectivity index (χ0n) is 9.06. The first kappa shape index (κ1) is 11.1. The van der Waals surface area contributed by atoms with Crippen molar-refractivity contribution >= 4 is 17.5 Å². The molecule has 0 spiro atoms. The number of hydrogen-bond donors (Lipinski definition) is 2. The van der Waals surface area contributed by atoms with Gasteiger partial charge >= 0.3 is 0 Å². The molecule has 1 aromatic carbocycles. The molecule has 1 aromatic rings. The molecule has 3 N–H and O–H groups in total. The molecule has 0 heterocycles. The van der Waals surface area contributed by atoms with Crippen molar-refractivity contribution in [2.75, 3.05) is 5.32 Å². The molecule has 5 heteroatoms. The highest BCUT2D eigenvalue weighted by molar-refractivity contribution is 6.00. The molecule has 0 aromatic heterocycles. The lowest BCUT2D eigenvalue weighted by atomic mass is 10.1. The minimum Gasteiger partial charge on any atom is -0.366 e. The van der Waals surface area contributed by atoms with Crippen LogP contribution in [0.1, 0.15) is 23.2 Å². The molecule has 17 heavy (non-hydrogen) atoms. The Kier molecular flexibility index (Phi) is 2.56. The van der Waals surface area contributed by atoms with Crippen molar-refractivity contribution in [1.29, 1.82) is 5.26 Å². The molecule has 0 aliphatic heterocycles. The molecule has 0 radical (unpaired) electrons. The highest BCUT2D eigenvalue weighted by Gasteiger charge is 2.50. The quantitative estimate of drug-likeness (QED) is 0.810. The van der Waals surface area contributed by atoms with Gasteiger partial charge in [0.05, 0.1) is 6.07 Å². The van der Waals surface area contributed by atoms with Crippen molar-refractivity contribution in [1.82, 2.24) is 0 Å². The number of nitrogens with one attached hydrogen (secondary N) is 1. The number of carbonyl (C=O) groups is 2. The smallest absolute Gasteiger partial charge is 0.248 e. The fraction of sp³-hybridized carbons (Fsp3) is 0.250. The van der Waals surface area contributed by atoms with Crippen LogP contribution in [0.5, 0.6) is 0 Å². The second-order valence-electron chi connectivity index (χ2n) is 4.09. The van der Waals surface area contributed by atoms with E-state index in [2.05, 4.69) is 5.32 Å². The number of nitrogens with two attached hydrogens (primary N) is 1. The van der Waals surface area contributed by atoms with E-state index < -0.39 is 11.3 Å². The van der Waals surface area contributed by atoms with E-state index in [4.69, 9.17) is 11.0 Å². The van der Waals surface area contributed by atoms with Gasteiger partial charge in [-0.1, -0.05) is 6.07 Å². The summed E-state index contributed by atoms with van der Waals surface area (Å²) in [6, 6.07) is 8.34. The van der Waals surface area contributed by atoms with Gasteiger partial charge in [0.2, 0.25) is 11.8 Å². The number of rotatable bonds is 3. The predicted octanol–water partition coefficient (Wildman–Crippen LogP) is 1.03. The van der Waals surface area contributed by atoms with Crippen LogP contribution in [0, 0.1) is 16.7 Å². The molecule has 2 rings (SSSR count). The molecule has 2 amide bonds. The standard InChI is InChI=1S/C12H11N3O2/c13-7-12(4-5-12)11(17)15-9-3-1-2-8(6-9)10(14)16/h1-3,6H,4-5H2,(H2,14,16)(H,15,17). The highest BCUT2D eigenvalue weighted by atomic mass is 16.2. The summed E-state index contributed by atoms with van der Waals surface area (Å²) in [5.74, 6) is -0.871. The number of primary amides is 1. The normalized spacial score (nSPS) is 15.7. The Morgan fingerprint density at radius 1 is 1.41 bits per heavy atom. The Morgan fingerprint density at radius 2 is 2.12 bits per heavy atom. The monoisotopic (exact) mass is 229 g/mol. The number of nitrogens with zero attached hydrogens (tertiary/aromatic N) is 1. The zero-order valence-corrected chi connectivity index (χ0v) is 9.06. The van der Waals surface area contributed by atoms with Gasteiger partial charge in [-0.2, -0.15) is 5.26 Å². The Bertz CT molecular complexity index is 527. The molecule has 1 aliphatic rings.